The van der Waals surface area contributed by atoms with Gasteiger partial charge in [-0.25, -0.2) is 13.1 Å². The first-order valence-electron chi connectivity index (χ1n) is 10.2. The van der Waals surface area contributed by atoms with E-state index < -0.39 is 10.0 Å². The van der Waals surface area contributed by atoms with E-state index >= 15 is 0 Å². The fraction of sp³-hybridized carbons (Fsp3) is 0.348. The average molecular weight is 427 g/mol. The van der Waals surface area contributed by atoms with E-state index in [4.69, 9.17) is 0 Å². The third-order valence-electron chi connectivity index (χ3n) is 5.20. The monoisotopic (exact) mass is 426 g/mol. The Morgan fingerprint density at radius 2 is 1.77 bits per heavy atom. The fourth-order valence-corrected chi connectivity index (χ4v) is 4.33. The summed E-state index contributed by atoms with van der Waals surface area (Å²) in [6, 6.07) is 18.1. The number of nitrogens with one attached hydrogen (secondary N) is 2. The van der Waals surface area contributed by atoms with Crippen LogP contribution in [0.4, 0.5) is 0 Å². The van der Waals surface area contributed by atoms with Crippen molar-refractivity contribution < 1.29 is 8.42 Å². The van der Waals surface area contributed by atoms with Gasteiger partial charge in [0.2, 0.25) is 10.0 Å². The number of guanidine groups is 1. The zero-order valence-electron chi connectivity index (χ0n) is 17.6. The minimum atomic E-state index is -3.28. The number of aliphatic imine (C=N–C) groups is 1. The lowest BCUT2D eigenvalue weighted by Gasteiger charge is -2.31. The number of nitrogens with zero attached hydrogens (tertiary/aromatic N) is 2. The van der Waals surface area contributed by atoms with Gasteiger partial charge in [-0.15, -0.1) is 0 Å². The highest BCUT2D eigenvalue weighted by Gasteiger charge is 2.17. The van der Waals surface area contributed by atoms with E-state index in [0.29, 0.717) is 6.54 Å². The summed E-state index contributed by atoms with van der Waals surface area (Å²) in [6.07, 6.45) is 4.33. The molecule has 1 fully saturated rings. The molecule has 2 N–H and O–H groups in total. The third-order valence-corrected chi connectivity index (χ3v) is 6.53. The molecule has 0 unspecified atom stereocenters. The summed E-state index contributed by atoms with van der Waals surface area (Å²) in [5, 5.41) is 3.42. The molecule has 2 aromatic rings. The van der Waals surface area contributed by atoms with Crippen LogP contribution in [0.25, 0.3) is 6.08 Å². The van der Waals surface area contributed by atoms with Crippen molar-refractivity contribution in [2.24, 2.45) is 4.99 Å². The largest absolute Gasteiger partial charge is 0.352 e. The number of likely N-dealkylation sites (tertiary alicyclic amines) is 1. The van der Waals surface area contributed by atoms with Gasteiger partial charge in [-0.05, 0) is 36.6 Å². The molecule has 6 nitrogen and oxygen atoms in total. The van der Waals surface area contributed by atoms with Crippen molar-refractivity contribution in [3.63, 3.8) is 0 Å². The second kappa shape index (κ2) is 10.4. The third kappa shape index (κ3) is 6.43. The van der Waals surface area contributed by atoms with Crippen LogP contribution in [0.1, 0.15) is 29.5 Å². The summed E-state index contributed by atoms with van der Waals surface area (Å²) >= 11 is 0. The lowest BCUT2D eigenvalue weighted by molar-refractivity contribution is 0.375. The van der Waals surface area contributed by atoms with Crippen molar-refractivity contribution in [3.05, 3.63) is 76.9 Å². The van der Waals surface area contributed by atoms with Crippen LogP contribution in [0.2, 0.25) is 0 Å². The van der Waals surface area contributed by atoms with Crippen LogP contribution in [0, 0.1) is 0 Å². The molecule has 2 aromatic carbocycles. The highest BCUT2D eigenvalue weighted by Crippen LogP contribution is 2.19. The first-order chi connectivity index (χ1) is 14.5. The van der Waals surface area contributed by atoms with Crippen LogP contribution in [0.5, 0.6) is 0 Å². The normalized spacial score (nSPS) is 15.2. The maximum atomic E-state index is 11.8. The van der Waals surface area contributed by atoms with Gasteiger partial charge in [-0.1, -0.05) is 66.2 Å². The zero-order valence-corrected chi connectivity index (χ0v) is 18.5. The van der Waals surface area contributed by atoms with Gasteiger partial charge < -0.3 is 10.2 Å². The Labute approximate surface area is 179 Å². The minimum absolute atomic E-state index is 0.0191. The molecular weight excluding hydrogens is 396 g/mol. The Morgan fingerprint density at radius 1 is 1.07 bits per heavy atom. The average Bonchev–Trinajstić information content (AvgIpc) is 2.76. The molecule has 30 heavy (non-hydrogen) atoms. The maximum Gasteiger partial charge on any atom is 0.215 e. The van der Waals surface area contributed by atoms with Crippen LogP contribution in [-0.2, 0) is 22.3 Å². The Hall–Kier alpha value is -2.64. The maximum absolute atomic E-state index is 11.8. The van der Waals surface area contributed by atoms with Crippen molar-refractivity contribution >= 4 is 22.1 Å². The summed E-state index contributed by atoms with van der Waals surface area (Å²) in [7, 11) is -0.0445. The van der Waals surface area contributed by atoms with E-state index in [0.717, 1.165) is 43.0 Å². The number of benzene rings is 2. The number of hydrogen-bond acceptors (Lipinski definition) is 3. The number of sulfonamides is 1. The molecule has 160 valence electrons. The van der Waals surface area contributed by atoms with Gasteiger partial charge in [0, 0.05) is 26.7 Å². The Balaban J connectivity index is 1.55. The number of hydrogen-bond donors (Lipinski definition) is 2. The summed E-state index contributed by atoms with van der Waals surface area (Å²) in [5.74, 6) is 0.858. The molecule has 3 rings (SSSR count). The molecule has 1 saturated heterocycles. The predicted molar refractivity (Wildman–Crippen MR) is 124 cm³/mol. The molecule has 0 atom stereocenters. The summed E-state index contributed by atoms with van der Waals surface area (Å²) < 4.78 is 25.9. The zero-order chi connectivity index (χ0) is 21.4. The first kappa shape index (κ1) is 22.1. The summed E-state index contributed by atoms with van der Waals surface area (Å²) in [5.41, 5.74) is 4.52. The quantitative estimate of drug-likeness (QED) is 0.550. The van der Waals surface area contributed by atoms with Crippen molar-refractivity contribution in [1.82, 2.24) is 14.9 Å². The molecule has 0 aromatic heterocycles. The molecular formula is C23H30N4O2S. The SMILES string of the molecule is CN=C(NCc1cccc(CS(=O)(=O)NC)c1)N1CCC(=Cc2ccccc2)CC1. The van der Waals surface area contributed by atoms with Gasteiger partial charge in [0.25, 0.3) is 0 Å². The molecule has 0 bridgehead atoms. The van der Waals surface area contributed by atoms with Crippen molar-refractivity contribution in [1.29, 1.82) is 0 Å². The van der Waals surface area contributed by atoms with Crippen LogP contribution < -0.4 is 10.0 Å². The number of piperidine rings is 1. The molecule has 1 heterocycles. The Kier molecular flexibility index (Phi) is 7.65. The van der Waals surface area contributed by atoms with Gasteiger partial charge in [-0.3, -0.25) is 4.99 Å². The molecule has 0 aliphatic carbocycles. The molecule has 1 aliphatic heterocycles. The lowest BCUT2D eigenvalue weighted by Crippen LogP contribution is -2.44. The highest BCUT2D eigenvalue weighted by atomic mass is 32.2. The molecule has 0 radical (unpaired) electrons. The van der Waals surface area contributed by atoms with Crippen molar-refractivity contribution in [3.8, 4) is 0 Å². The fourth-order valence-electron chi connectivity index (χ4n) is 3.57. The van der Waals surface area contributed by atoms with Gasteiger partial charge in [0.05, 0.1) is 5.75 Å². The predicted octanol–water partition coefficient (Wildman–Crippen LogP) is 2.99. The smallest absolute Gasteiger partial charge is 0.215 e. The second-order valence-corrected chi connectivity index (χ2v) is 9.31. The Morgan fingerprint density at radius 3 is 2.43 bits per heavy atom. The summed E-state index contributed by atoms with van der Waals surface area (Å²) in [4.78, 5) is 6.71. The standard InChI is InChI=1S/C23H30N4O2S/c1-24-23(26-17-21-9-6-10-22(16-21)18-30(28,29)25-2)27-13-11-20(12-14-27)15-19-7-4-3-5-8-19/h3-10,15-16,25H,11-14,17-18H2,1-2H3,(H,24,26). The highest BCUT2D eigenvalue weighted by molar-refractivity contribution is 7.88. The number of rotatable bonds is 6. The van der Waals surface area contributed by atoms with E-state index in [2.05, 4.69) is 50.3 Å². The first-order valence-corrected chi connectivity index (χ1v) is 11.8. The van der Waals surface area contributed by atoms with E-state index in [-0.39, 0.29) is 5.75 Å². The van der Waals surface area contributed by atoms with E-state index in [1.54, 1.807) is 7.05 Å². The van der Waals surface area contributed by atoms with Crippen molar-refractivity contribution in [2.45, 2.75) is 25.1 Å². The van der Waals surface area contributed by atoms with Gasteiger partial charge >= 0.3 is 0 Å². The lowest BCUT2D eigenvalue weighted by atomic mass is 10.0. The minimum Gasteiger partial charge on any atom is -0.352 e. The Bertz CT molecular complexity index is 991. The second-order valence-electron chi connectivity index (χ2n) is 7.38. The van der Waals surface area contributed by atoms with Crippen LogP contribution in [0.15, 0.2) is 65.2 Å². The van der Waals surface area contributed by atoms with Gasteiger partial charge in [-0.2, -0.15) is 0 Å². The van der Waals surface area contributed by atoms with Crippen molar-refractivity contribution in [2.75, 3.05) is 27.2 Å². The van der Waals surface area contributed by atoms with E-state index in [9.17, 15) is 8.42 Å². The molecule has 7 heteroatoms. The summed E-state index contributed by atoms with van der Waals surface area (Å²) in [6.45, 7) is 2.46. The van der Waals surface area contributed by atoms with E-state index in [1.807, 2.05) is 30.3 Å². The van der Waals surface area contributed by atoms with Crippen LogP contribution >= 0.6 is 0 Å². The molecule has 0 amide bonds. The molecule has 0 saturated carbocycles. The van der Waals surface area contributed by atoms with Gasteiger partial charge in [0.1, 0.15) is 0 Å². The van der Waals surface area contributed by atoms with Crippen LogP contribution in [-0.4, -0.2) is 46.5 Å². The van der Waals surface area contributed by atoms with Crippen LogP contribution in [0.3, 0.4) is 0 Å². The van der Waals surface area contributed by atoms with E-state index in [1.165, 1.54) is 18.2 Å². The molecule has 1 aliphatic rings. The topological polar surface area (TPSA) is 73.8 Å². The molecule has 0 spiro atoms. The van der Waals surface area contributed by atoms with Gasteiger partial charge in [0.15, 0.2) is 5.96 Å².